The van der Waals surface area contributed by atoms with E-state index in [1.54, 1.807) is 24.3 Å². The molecule has 0 fully saturated rings. The molecule has 1 aliphatic rings. The number of benzene rings is 3. The summed E-state index contributed by atoms with van der Waals surface area (Å²) < 4.78 is 48.1. The van der Waals surface area contributed by atoms with E-state index in [1.165, 1.54) is 19.2 Å². The highest BCUT2D eigenvalue weighted by atomic mass is 35.5. The Balaban J connectivity index is 2.05. The van der Waals surface area contributed by atoms with Crippen molar-refractivity contribution in [2.45, 2.75) is 38.9 Å². The summed E-state index contributed by atoms with van der Waals surface area (Å²) in [5.41, 5.74) is 4.06. The van der Waals surface area contributed by atoms with Gasteiger partial charge in [-0.1, -0.05) is 62.7 Å². The lowest BCUT2D eigenvalue weighted by molar-refractivity contribution is -0.101. The summed E-state index contributed by atoms with van der Waals surface area (Å²) in [5, 5.41) is 9.38. The van der Waals surface area contributed by atoms with E-state index in [-0.39, 0.29) is 39.6 Å². The summed E-state index contributed by atoms with van der Waals surface area (Å²) in [6.07, 6.45) is -1.95. The zero-order valence-corrected chi connectivity index (χ0v) is 21.5. The monoisotopic (exact) mass is 526 g/mol. The third kappa shape index (κ3) is 4.44. The maximum atomic E-state index is 15.6. The SMILES string of the molecule is COc1ccc(C#N)c(-c2c(Cl)c(F)cc3c2CC(c2ccccc2)(C(OC(N)=O)C(C)(C)C)O3)c1F. The number of hydrogen-bond acceptors (Lipinski definition) is 5. The lowest BCUT2D eigenvalue weighted by atomic mass is 9.72. The van der Waals surface area contributed by atoms with Gasteiger partial charge in [0.1, 0.15) is 11.6 Å². The first-order valence-corrected chi connectivity index (χ1v) is 11.8. The maximum Gasteiger partial charge on any atom is 0.404 e. The molecule has 3 aromatic carbocycles. The number of carbonyl (C=O) groups is 1. The molecule has 0 saturated carbocycles. The second-order valence-corrected chi connectivity index (χ2v) is 10.2. The van der Waals surface area contributed by atoms with Gasteiger partial charge in [0, 0.05) is 34.6 Å². The number of primary amides is 1. The Morgan fingerprint density at radius 1 is 1.19 bits per heavy atom. The van der Waals surface area contributed by atoms with E-state index in [0.29, 0.717) is 11.1 Å². The van der Waals surface area contributed by atoms with Gasteiger partial charge in [0.2, 0.25) is 0 Å². The number of halogens is 3. The van der Waals surface area contributed by atoms with Gasteiger partial charge in [-0.2, -0.15) is 5.26 Å². The molecule has 0 aliphatic carbocycles. The molecule has 2 atom stereocenters. The molecule has 192 valence electrons. The zero-order valence-electron chi connectivity index (χ0n) is 20.7. The van der Waals surface area contributed by atoms with Crippen LogP contribution in [0.15, 0.2) is 48.5 Å². The molecular formula is C28H25ClF2N2O4. The lowest BCUT2D eigenvalue weighted by Crippen LogP contribution is -2.53. The van der Waals surface area contributed by atoms with E-state index < -0.39 is 34.8 Å². The molecule has 0 bridgehead atoms. The minimum atomic E-state index is -1.37. The van der Waals surface area contributed by atoms with E-state index in [2.05, 4.69) is 0 Å². The quantitative estimate of drug-likeness (QED) is 0.409. The number of fused-ring (bicyclic) bond motifs is 1. The van der Waals surface area contributed by atoms with Crippen LogP contribution < -0.4 is 15.2 Å². The highest BCUT2D eigenvalue weighted by Crippen LogP contribution is 2.54. The van der Waals surface area contributed by atoms with Crippen LogP contribution in [0.2, 0.25) is 5.02 Å². The Morgan fingerprint density at radius 2 is 1.86 bits per heavy atom. The summed E-state index contributed by atoms with van der Waals surface area (Å²) in [5.74, 6) is -1.79. The third-order valence-electron chi connectivity index (χ3n) is 6.42. The number of nitrogens with two attached hydrogens (primary N) is 1. The van der Waals surface area contributed by atoms with Crippen molar-refractivity contribution in [1.29, 1.82) is 5.26 Å². The lowest BCUT2D eigenvalue weighted by Gasteiger charge is -2.43. The maximum absolute atomic E-state index is 15.6. The molecule has 4 rings (SSSR count). The van der Waals surface area contributed by atoms with Crippen molar-refractivity contribution in [2.75, 3.05) is 7.11 Å². The van der Waals surface area contributed by atoms with Gasteiger partial charge in [0.15, 0.2) is 23.3 Å². The van der Waals surface area contributed by atoms with Crippen LogP contribution in [-0.4, -0.2) is 19.3 Å². The highest BCUT2D eigenvalue weighted by Gasteiger charge is 2.55. The molecule has 0 spiro atoms. The number of carbonyl (C=O) groups excluding carboxylic acids is 1. The van der Waals surface area contributed by atoms with Gasteiger partial charge in [0.25, 0.3) is 0 Å². The van der Waals surface area contributed by atoms with Crippen molar-refractivity contribution < 1.29 is 27.8 Å². The summed E-state index contributed by atoms with van der Waals surface area (Å²) in [4.78, 5) is 12.0. The summed E-state index contributed by atoms with van der Waals surface area (Å²) >= 11 is 6.45. The molecule has 2 unspecified atom stereocenters. The minimum Gasteiger partial charge on any atom is -0.494 e. The van der Waals surface area contributed by atoms with Crippen molar-refractivity contribution in [3.05, 3.63) is 81.9 Å². The van der Waals surface area contributed by atoms with Crippen LogP contribution in [0.25, 0.3) is 11.1 Å². The number of rotatable bonds is 5. The average molecular weight is 527 g/mol. The average Bonchev–Trinajstić information content (AvgIpc) is 3.23. The predicted octanol–water partition coefficient (Wildman–Crippen LogP) is 6.51. The van der Waals surface area contributed by atoms with E-state index in [1.807, 2.05) is 32.9 Å². The Kier molecular flexibility index (Phi) is 6.78. The number of ether oxygens (including phenoxy) is 3. The largest absolute Gasteiger partial charge is 0.494 e. The normalized spacial score (nSPS) is 17.4. The fraction of sp³-hybridized carbons (Fsp3) is 0.286. The first-order chi connectivity index (χ1) is 17.4. The Hall–Kier alpha value is -3.83. The van der Waals surface area contributed by atoms with Crippen molar-refractivity contribution in [2.24, 2.45) is 11.1 Å². The molecule has 3 aromatic rings. The van der Waals surface area contributed by atoms with Crippen LogP contribution in [0.4, 0.5) is 13.6 Å². The van der Waals surface area contributed by atoms with Crippen LogP contribution in [0.1, 0.15) is 37.5 Å². The van der Waals surface area contributed by atoms with Gasteiger partial charge in [-0.05, 0) is 17.7 Å². The fourth-order valence-corrected chi connectivity index (χ4v) is 5.24. The topological polar surface area (TPSA) is 94.6 Å². The van der Waals surface area contributed by atoms with E-state index in [9.17, 15) is 10.1 Å². The Morgan fingerprint density at radius 3 is 2.43 bits per heavy atom. The molecule has 0 radical (unpaired) electrons. The van der Waals surface area contributed by atoms with E-state index in [0.717, 1.165) is 6.07 Å². The Bertz CT molecular complexity index is 1420. The molecule has 1 amide bonds. The summed E-state index contributed by atoms with van der Waals surface area (Å²) in [7, 11) is 1.28. The van der Waals surface area contributed by atoms with E-state index in [4.69, 9.17) is 31.5 Å². The smallest absolute Gasteiger partial charge is 0.404 e. The van der Waals surface area contributed by atoms with Gasteiger partial charge in [-0.25, -0.2) is 13.6 Å². The van der Waals surface area contributed by atoms with Gasteiger partial charge >= 0.3 is 6.09 Å². The van der Waals surface area contributed by atoms with Gasteiger partial charge < -0.3 is 19.9 Å². The predicted molar refractivity (Wildman–Crippen MR) is 134 cm³/mol. The Labute approximate surface area is 218 Å². The summed E-state index contributed by atoms with van der Waals surface area (Å²) in [6.45, 7) is 5.55. The number of methoxy groups -OCH3 is 1. The fourth-order valence-electron chi connectivity index (χ4n) is 4.98. The van der Waals surface area contributed by atoms with Crippen LogP contribution in [0.5, 0.6) is 11.5 Å². The summed E-state index contributed by atoms with van der Waals surface area (Å²) in [6, 6.07) is 14.7. The first-order valence-electron chi connectivity index (χ1n) is 11.4. The standard InChI is InChI=1S/C28H25ClF2N2O4/c1-27(2,3)25(36-26(33)34)28(16-8-6-5-7-9-16)13-17-20(37-28)12-18(30)23(29)22(17)21-15(14-32)10-11-19(35-4)24(21)31/h5-12,25H,13H2,1-4H3,(H2,33,34). The highest BCUT2D eigenvalue weighted by molar-refractivity contribution is 6.34. The third-order valence-corrected chi connectivity index (χ3v) is 6.79. The second kappa shape index (κ2) is 9.56. The van der Waals surface area contributed by atoms with Gasteiger partial charge in [-0.3, -0.25) is 0 Å². The second-order valence-electron chi connectivity index (χ2n) is 9.86. The number of nitriles is 1. The number of nitrogens with zero attached hydrogens (tertiary/aromatic N) is 1. The van der Waals surface area contributed by atoms with Crippen LogP contribution in [0.3, 0.4) is 0 Å². The van der Waals surface area contributed by atoms with E-state index >= 15 is 8.78 Å². The van der Waals surface area contributed by atoms with Gasteiger partial charge in [0.05, 0.1) is 23.8 Å². The molecule has 1 heterocycles. The minimum absolute atomic E-state index is 0.0123. The molecular weight excluding hydrogens is 502 g/mol. The molecule has 0 saturated heterocycles. The molecule has 1 aliphatic heterocycles. The van der Waals surface area contributed by atoms with Crippen molar-refractivity contribution in [1.82, 2.24) is 0 Å². The number of hydrogen-bond donors (Lipinski definition) is 1. The first kappa shape index (κ1) is 26.2. The van der Waals surface area contributed by atoms with Gasteiger partial charge in [-0.15, -0.1) is 0 Å². The van der Waals surface area contributed by atoms with Crippen molar-refractivity contribution in [3.8, 4) is 28.7 Å². The molecule has 9 heteroatoms. The van der Waals surface area contributed by atoms with Crippen molar-refractivity contribution >= 4 is 17.7 Å². The molecule has 6 nitrogen and oxygen atoms in total. The zero-order chi connectivity index (χ0) is 27.1. The number of amides is 1. The van der Waals surface area contributed by atoms with Crippen molar-refractivity contribution in [3.63, 3.8) is 0 Å². The van der Waals surface area contributed by atoms with Crippen LogP contribution in [0, 0.1) is 28.4 Å². The molecule has 0 aromatic heterocycles. The molecule has 2 N–H and O–H groups in total. The molecule has 37 heavy (non-hydrogen) atoms. The van der Waals surface area contributed by atoms with Crippen LogP contribution in [-0.2, 0) is 16.8 Å². The van der Waals surface area contributed by atoms with Crippen LogP contribution >= 0.6 is 11.6 Å².